The molecule has 1 aliphatic carbocycles. The highest BCUT2D eigenvalue weighted by Gasteiger charge is 2.28. The van der Waals surface area contributed by atoms with Crippen LogP contribution in [0.15, 0.2) is 21.9 Å². The van der Waals surface area contributed by atoms with Crippen molar-refractivity contribution < 1.29 is 9.15 Å². The minimum Gasteiger partial charge on any atom is -0.440 e. The van der Waals surface area contributed by atoms with E-state index in [0.717, 1.165) is 47.8 Å². The van der Waals surface area contributed by atoms with Gasteiger partial charge < -0.3 is 9.15 Å². The summed E-state index contributed by atoms with van der Waals surface area (Å²) in [5.41, 5.74) is 1.08. The lowest BCUT2D eigenvalue weighted by Gasteiger charge is -2.24. The third-order valence-electron chi connectivity index (χ3n) is 4.70. The second-order valence-electron chi connectivity index (χ2n) is 6.77. The fourth-order valence-electron chi connectivity index (χ4n) is 3.24. The summed E-state index contributed by atoms with van der Waals surface area (Å²) in [5.74, 6) is 2.58. The Morgan fingerprint density at radius 1 is 1.30 bits per heavy atom. The summed E-state index contributed by atoms with van der Waals surface area (Å²) in [7, 11) is 0. The molecule has 124 valence electrons. The van der Waals surface area contributed by atoms with Crippen molar-refractivity contribution in [2.24, 2.45) is 5.92 Å². The molecule has 0 amide bonds. The minimum absolute atomic E-state index is 0.401. The SMILES string of the molecule is Cc1oc(-c2cccs2)nc1CN(CC1CC1)CC1CCCO1. The molecule has 4 rings (SSSR count). The average Bonchev–Trinajstić information content (AvgIpc) is 2.99. The average molecular weight is 332 g/mol. The fraction of sp³-hybridized carbons (Fsp3) is 0.611. The van der Waals surface area contributed by atoms with E-state index in [1.54, 1.807) is 11.3 Å². The number of nitrogens with zero attached hydrogens (tertiary/aromatic N) is 2. The first-order chi connectivity index (χ1) is 11.3. The first kappa shape index (κ1) is 15.4. The van der Waals surface area contributed by atoms with E-state index in [-0.39, 0.29) is 0 Å². The molecule has 1 saturated carbocycles. The molecule has 0 spiro atoms. The number of oxazole rings is 1. The highest BCUT2D eigenvalue weighted by atomic mass is 32.1. The molecule has 5 heteroatoms. The van der Waals surface area contributed by atoms with E-state index in [1.165, 1.54) is 32.2 Å². The Bertz CT molecular complexity index is 627. The summed E-state index contributed by atoms with van der Waals surface area (Å²) in [6, 6.07) is 4.10. The van der Waals surface area contributed by atoms with E-state index >= 15 is 0 Å². The molecule has 0 radical (unpaired) electrons. The van der Waals surface area contributed by atoms with Gasteiger partial charge in [-0.1, -0.05) is 6.07 Å². The summed E-state index contributed by atoms with van der Waals surface area (Å²) in [6.45, 7) is 6.02. The molecule has 0 N–H and O–H groups in total. The third-order valence-corrected chi connectivity index (χ3v) is 5.55. The molecule has 1 saturated heterocycles. The quantitative estimate of drug-likeness (QED) is 0.765. The van der Waals surface area contributed by atoms with Gasteiger partial charge in [0, 0.05) is 26.2 Å². The number of ether oxygens (including phenoxy) is 1. The number of hydrogen-bond donors (Lipinski definition) is 0. The van der Waals surface area contributed by atoms with E-state index in [4.69, 9.17) is 14.1 Å². The molecule has 2 aliphatic rings. The van der Waals surface area contributed by atoms with Gasteiger partial charge in [-0.3, -0.25) is 4.90 Å². The Morgan fingerprint density at radius 2 is 2.22 bits per heavy atom. The van der Waals surface area contributed by atoms with Crippen LogP contribution in [-0.4, -0.2) is 35.7 Å². The fourth-order valence-corrected chi connectivity index (χ4v) is 3.89. The van der Waals surface area contributed by atoms with Gasteiger partial charge in [-0.15, -0.1) is 11.3 Å². The molecule has 2 aromatic heterocycles. The number of aryl methyl sites for hydroxylation is 1. The third kappa shape index (κ3) is 3.84. The van der Waals surface area contributed by atoms with Crippen LogP contribution in [0.25, 0.3) is 10.8 Å². The minimum atomic E-state index is 0.401. The van der Waals surface area contributed by atoms with Crippen LogP contribution in [0.3, 0.4) is 0 Å². The van der Waals surface area contributed by atoms with Crippen LogP contribution in [0.5, 0.6) is 0 Å². The topological polar surface area (TPSA) is 38.5 Å². The largest absolute Gasteiger partial charge is 0.440 e. The first-order valence-corrected chi connectivity index (χ1v) is 9.50. The highest BCUT2D eigenvalue weighted by molar-refractivity contribution is 7.13. The van der Waals surface area contributed by atoms with Gasteiger partial charge in [-0.05, 0) is 50.0 Å². The molecular formula is C18H24N2O2S. The Labute approximate surface area is 141 Å². The molecule has 1 aliphatic heterocycles. The predicted octanol–water partition coefficient (Wildman–Crippen LogP) is 4.10. The van der Waals surface area contributed by atoms with Gasteiger partial charge in [0.25, 0.3) is 0 Å². The van der Waals surface area contributed by atoms with Crippen LogP contribution >= 0.6 is 11.3 Å². The Morgan fingerprint density at radius 3 is 2.91 bits per heavy atom. The van der Waals surface area contributed by atoms with Gasteiger partial charge in [-0.2, -0.15) is 0 Å². The van der Waals surface area contributed by atoms with E-state index < -0.39 is 0 Å². The molecule has 3 heterocycles. The lowest BCUT2D eigenvalue weighted by Crippen LogP contribution is -2.33. The predicted molar refractivity (Wildman–Crippen MR) is 91.5 cm³/mol. The van der Waals surface area contributed by atoms with Gasteiger partial charge in [0.2, 0.25) is 5.89 Å². The second kappa shape index (κ2) is 6.75. The summed E-state index contributed by atoms with van der Waals surface area (Å²) in [6.07, 6.45) is 5.55. The maximum Gasteiger partial charge on any atom is 0.236 e. The normalized spacial score (nSPS) is 21.4. The molecule has 1 atom stereocenters. The smallest absolute Gasteiger partial charge is 0.236 e. The maximum absolute atomic E-state index is 5.89. The van der Waals surface area contributed by atoms with Crippen molar-refractivity contribution in [3.63, 3.8) is 0 Å². The number of thiophene rings is 1. The lowest BCUT2D eigenvalue weighted by molar-refractivity contribution is 0.0684. The Hall–Kier alpha value is -1.17. The number of aromatic nitrogens is 1. The van der Waals surface area contributed by atoms with Crippen molar-refractivity contribution in [3.8, 4) is 10.8 Å². The van der Waals surface area contributed by atoms with Crippen LogP contribution in [0.2, 0.25) is 0 Å². The van der Waals surface area contributed by atoms with Crippen LogP contribution in [0, 0.1) is 12.8 Å². The molecule has 4 nitrogen and oxygen atoms in total. The second-order valence-corrected chi connectivity index (χ2v) is 7.72. The van der Waals surface area contributed by atoms with E-state index in [1.807, 2.05) is 13.0 Å². The van der Waals surface area contributed by atoms with Crippen LogP contribution in [0.4, 0.5) is 0 Å². The molecule has 2 aromatic rings. The number of rotatable bonds is 7. The highest BCUT2D eigenvalue weighted by Crippen LogP contribution is 2.31. The Kier molecular flexibility index (Phi) is 4.51. The molecule has 0 bridgehead atoms. The molecule has 2 fully saturated rings. The zero-order valence-electron chi connectivity index (χ0n) is 13.7. The van der Waals surface area contributed by atoms with Crippen molar-refractivity contribution in [2.45, 2.75) is 45.3 Å². The van der Waals surface area contributed by atoms with Crippen molar-refractivity contribution in [1.29, 1.82) is 0 Å². The lowest BCUT2D eigenvalue weighted by atomic mass is 10.2. The van der Waals surface area contributed by atoms with Gasteiger partial charge in [0.1, 0.15) is 5.76 Å². The summed E-state index contributed by atoms with van der Waals surface area (Å²) < 4.78 is 11.7. The number of hydrogen-bond acceptors (Lipinski definition) is 5. The Balaban J connectivity index is 1.46. The van der Waals surface area contributed by atoms with Gasteiger partial charge >= 0.3 is 0 Å². The summed E-state index contributed by atoms with van der Waals surface area (Å²) >= 11 is 1.67. The zero-order valence-corrected chi connectivity index (χ0v) is 14.5. The van der Waals surface area contributed by atoms with Crippen LogP contribution in [0.1, 0.15) is 37.1 Å². The van der Waals surface area contributed by atoms with E-state index in [0.29, 0.717) is 6.10 Å². The molecule has 23 heavy (non-hydrogen) atoms. The van der Waals surface area contributed by atoms with Gasteiger partial charge in [0.15, 0.2) is 0 Å². The summed E-state index contributed by atoms with van der Waals surface area (Å²) in [5, 5.41) is 2.06. The van der Waals surface area contributed by atoms with E-state index in [9.17, 15) is 0 Å². The van der Waals surface area contributed by atoms with Crippen molar-refractivity contribution in [3.05, 3.63) is 29.0 Å². The van der Waals surface area contributed by atoms with Crippen LogP contribution < -0.4 is 0 Å². The molecular weight excluding hydrogens is 308 g/mol. The van der Waals surface area contributed by atoms with Crippen molar-refractivity contribution in [2.75, 3.05) is 19.7 Å². The maximum atomic E-state index is 5.89. The standard InChI is InChI=1S/C18H24N2O2S/c1-13-16(19-18(22-13)17-5-3-9-23-17)12-20(10-14-6-7-14)11-15-4-2-8-21-15/h3,5,9,14-15H,2,4,6-8,10-12H2,1H3. The summed E-state index contributed by atoms with van der Waals surface area (Å²) in [4.78, 5) is 8.38. The van der Waals surface area contributed by atoms with Crippen molar-refractivity contribution >= 4 is 11.3 Å². The van der Waals surface area contributed by atoms with Gasteiger partial charge in [0.05, 0.1) is 16.7 Å². The van der Waals surface area contributed by atoms with E-state index in [2.05, 4.69) is 16.3 Å². The first-order valence-electron chi connectivity index (χ1n) is 8.62. The van der Waals surface area contributed by atoms with Crippen molar-refractivity contribution in [1.82, 2.24) is 9.88 Å². The van der Waals surface area contributed by atoms with Gasteiger partial charge in [-0.25, -0.2) is 4.98 Å². The monoisotopic (exact) mass is 332 g/mol. The molecule has 0 aromatic carbocycles. The zero-order chi connectivity index (χ0) is 15.6. The molecule has 1 unspecified atom stereocenters. The van der Waals surface area contributed by atoms with Crippen LogP contribution in [-0.2, 0) is 11.3 Å².